The summed E-state index contributed by atoms with van der Waals surface area (Å²) in [5, 5.41) is 0. The van der Waals surface area contributed by atoms with Crippen molar-refractivity contribution in [1.29, 1.82) is 0 Å². The Balaban J connectivity index is 1.33. The van der Waals surface area contributed by atoms with Crippen LogP contribution in [-0.2, 0) is 31.5 Å². The summed E-state index contributed by atoms with van der Waals surface area (Å²) in [6.07, 6.45) is 1.43. The van der Waals surface area contributed by atoms with E-state index in [1.807, 2.05) is 30.3 Å². The van der Waals surface area contributed by atoms with Gasteiger partial charge in [-0.3, -0.25) is 19.1 Å². The third kappa shape index (κ3) is 6.73. The largest absolute Gasteiger partial charge is 0.379 e. The first kappa shape index (κ1) is 25.5. The van der Waals surface area contributed by atoms with Gasteiger partial charge in [-0.1, -0.05) is 60.7 Å². The number of hydrogen-bond donors (Lipinski definition) is 2. The number of carbonyl (C=O) groups is 1. The van der Waals surface area contributed by atoms with Crippen LogP contribution in [0.3, 0.4) is 0 Å². The zero-order valence-corrected chi connectivity index (χ0v) is 20.3. The fraction of sp³-hybridized carbons (Fsp3) is 0.250. The molecule has 2 aromatic heterocycles. The van der Waals surface area contributed by atoms with Crippen molar-refractivity contribution in [3.63, 3.8) is 0 Å². The molecule has 0 aliphatic heterocycles. The molecule has 0 bridgehead atoms. The van der Waals surface area contributed by atoms with Crippen molar-refractivity contribution in [1.82, 2.24) is 19.5 Å². The zero-order valence-electron chi connectivity index (χ0n) is 19.4. The van der Waals surface area contributed by atoms with Crippen molar-refractivity contribution >= 4 is 30.5 Å². The number of H-pyrrole nitrogens is 1. The van der Waals surface area contributed by atoms with Gasteiger partial charge in [-0.25, -0.2) is 4.98 Å². The van der Waals surface area contributed by atoms with Crippen molar-refractivity contribution in [3.05, 3.63) is 88.5 Å². The molecule has 1 unspecified atom stereocenters. The van der Waals surface area contributed by atoms with Crippen LogP contribution < -0.4 is 11.3 Å². The smallest absolute Gasteiger partial charge is 0.333 e. The van der Waals surface area contributed by atoms with Crippen LogP contribution in [0.2, 0.25) is 0 Å². The minimum absolute atomic E-state index is 0.00568. The lowest BCUT2D eigenvalue weighted by Gasteiger charge is -2.18. The first-order chi connectivity index (χ1) is 17.4. The first-order valence-corrected chi connectivity index (χ1v) is 12.9. The summed E-state index contributed by atoms with van der Waals surface area (Å²) in [5.41, 5.74) is 7.01. The number of anilines is 1. The van der Waals surface area contributed by atoms with E-state index in [0.717, 1.165) is 5.56 Å². The number of hydrogen-bond acceptors (Lipinski definition) is 9. The van der Waals surface area contributed by atoms with Gasteiger partial charge in [-0.15, -0.1) is 0 Å². The Hall–Kier alpha value is -3.63. The Morgan fingerprint density at radius 3 is 2.50 bits per heavy atom. The summed E-state index contributed by atoms with van der Waals surface area (Å²) in [7, 11) is -3.65. The predicted octanol–water partition coefficient (Wildman–Crippen LogP) is 3.03. The molecule has 0 saturated carbocycles. The molecule has 0 aliphatic rings. The van der Waals surface area contributed by atoms with Gasteiger partial charge < -0.3 is 24.1 Å². The molecule has 2 heterocycles. The highest BCUT2D eigenvalue weighted by Crippen LogP contribution is 2.48. The van der Waals surface area contributed by atoms with Gasteiger partial charge in [0.1, 0.15) is 6.61 Å². The molecule has 0 saturated heterocycles. The topological polar surface area (TPSA) is 151 Å². The summed E-state index contributed by atoms with van der Waals surface area (Å²) in [6, 6.07) is 17.9. The third-order valence-electron chi connectivity index (χ3n) is 5.24. The van der Waals surface area contributed by atoms with Gasteiger partial charge in [-0.2, -0.15) is 4.98 Å². The van der Waals surface area contributed by atoms with Gasteiger partial charge in [0.2, 0.25) is 5.95 Å². The summed E-state index contributed by atoms with van der Waals surface area (Å²) in [4.78, 5) is 34.9. The van der Waals surface area contributed by atoms with E-state index in [1.54, 1.807) is 34.9 Å². The van der Waals surface area contributed by atoms with E-state index in [4.69, 9.17) is 19.5 Å². The normalized spacial score (nSPS) is 13.0. The number of Topliss-reactive ketones (excluding diaryl/α,β-unsaturated/α-hetero) is 1. The number of ketones is 1. The molecule has 4 rings (SSSR count). The molecule has 0 amide bonds. The second kappa shape index (κ2) is 11.9. The maximum Gasteiger partial charge on any atom is 0.333 e. The van der Waals surface area contributed by atoms with Gasteiger partial charge in [0.15, 0.2) is 16.9 Å². The van der Waals surface area contributed by atoms with Crippen molar-refractivity contribution in [3.8, 4) is 0 Å². The molecule has 4 aromatic rings. The van der Waals surface area contributed by atoms with Crippen LogP contribution in [0.15, 0.2) is 71.8 Å². The van der Waals surface area contributed by atoms with E-state index in [2.05, 4.69) is 15.0 Å². The van der Waals surface area contributed by atoms with Gasteiger partial charge in [-0.05, 0) is 5.56 Å². The number of rotatable bonds is 13. The van der Waals surface area contributed by atoms with Crippen molar-refractivity contribution in [2.45, 2.75) is 13.2 Å². The van der Waals surface area contributed by atoms with Crippen LogP contribution in [0.4, 0.5) is 5.95 Å². The fourth-order valence-corrected chi connectivity index (χ4v) is 4.70. The molecule has 1 atom stereocenters. The number of fused-ring (bicyclic) bond motifs is 1. The second-order valence-electron chi connectivity index (χ2n) is 7.83. The zero-order chi connectivity index (χ0) is 25.4. The Morgan fingerprint density at radius 1 is 1.03 bits per heavy atom. The number of nitrogens with two attached hydrogens (primary N) is 1. The quantitative estimate of drug-likeness (QED) is 0.157. The van der Waals surface area contributed by atoms with Crippen LogP contribution in [0.1, 0.15) is 15.9 Å². The second-order valence-corrected chi connectivity index (χ2v) is 10.0. The molecular formula is C24H26N5O6P. The summed E-state index contributed by atoms with van der Waals surface area (Å²) < 4.78 is 31.9. The molecule has 0 spiro atoms. The average molecular weight is 511 g/mol. The molecule has 12 heteroatoms. The van der Waals surface area contributed by atoms with Crippen molar-refractivity contribution in [2.75, 3.05) is 31.7 Å². The lowest BCUT2D eigenvalue weighted by molar-refractivity contribution is 0.0885. The van der Waals surface area contributed by atoms with Crippen molar-refractivity contribution < 1.29 is 23.1 Å². The van der Waals surface area contributed by atoms with E-state index < -0.39 is 13.2 Å². The van der Waals surface area contributed by atoms with Gasteiger partial charge in [0.25, 0.3) is 5.56 Å². The number of carbonyl (C=O) groups excluding carboxylic acids is 1. The highest BCUT2D eigenvalue weighted by Gasteiger charge is 2.26. The van der Waals surface area contributed by atoms with Crippen LogP contribution in [0.25, 0.3) is 11.2 Å². The molecule has 11 nitrogen and oxygen atoms in total. The van der Waals surface area contributed by atoms with Crippen LogP contribution in [-0.4, -0.2) is 51.3 Å². The molecule has 36 heavy (non-hydrogen) atoms. The molecular weight excluding hydrogens is 485 g/mol. The Kier molecular flexibility index (Phi) is 8.40. The lowest BCUT2D eigenvalue weighted by Crippen LogP contribution is -2.14. The van der Waals surface area contributed by atoms with Gasteiger partial charge >= 0.3 is 7.60 Å². The minimum Gasteiger partial charge on any atom is -0.379 e. The number of aromatic amines is 1. The minimum atomic E-state index is -3.65. The SMILES string of the molecule is Nc1nc2c(ncn2CCOCCP(=O)(OCC(=O)c2ccccc2)OCc2ccccc2)c(=O)[nH]1. The van der Waals surface area contributed by atoms with E-state index >= 15 is 0 Å². The average Bonchev–Trinajstić information content (AvgIpc) is 3.30. The fourth-order valence-electron chi connectivity index (χ4n) is 3.35. The number of nitrogens with zero attached hydrogens (tertiary/aromatic N) is 3. The number of ether oxygens (including phenoxy) is 1. The van der Waals surface area contributed by atoms with Crippen LogP contribution in [0.5, 0.6) is 0 Å². The number of aromatic nitrogens is 4. The Morgan fingerprint density at radius 2 is 1.75 bits per heavy atom. The summed E-state index contributed by atoms with van der Waals surface area (Å²) >= 11 is 0. The number of benzene rings is 2. The number of nitrogen functional groups attached to an aromatic ring is 1. The van der Waals surface area contributed by atoms with E-state index in [9.17, 15) is 14.2 Å². The molecule has 3 N–H and O–H groups in total. The van der Waals surface area contributed by atoms with E-state index in [-0.39, 0.29) is 49.8 Å². The summed E-state index contributed by atoms with van der Waals surface area (Å²) in [5.74, 6) is -0.303. The highest BCUT2D eigenvalue weighted by atomic mass is 31.2. The Bertz CT molecular complexity index is 1410. The van der Waals surface area contributed by atoms with Gasteiger partial charge in [0, 0.05) is 12.1 Å². The Labute approximate surface area is 206 Å². The summed E-state index contributed by atoms with van der Waals surface area (Å²) in [6.45, 7) is 0.323. The predicted molar refractivity (Wildman–Crippen MR) is 134 cm³/mol. The molecule has 0 aliphatic carbocycles. The third-order valence-corrected chi connectivity index (χ3v) is 7.01. The van der Waals surface area contributed by atoms with Crippen LogP contribution >= 0.6 is 7.60 Å². The lowest BCUT2D eigenvalue weighted by atomic mass is 10.1. The molecule has 2 aromatic carbocycles. The van der Waals surface area contributed by atoms with Crippen molar-refractivity contribution in [2.24, 2.45) is 0 Å². The molecule has 0 fully saturated rings. The first-order valence-electron chi connectivity index (χ1n) is 11.2. The maximum atomic E-state index is 13.4. The molecule has 0 radical (unpaired) electrons. The van der Waals surface area contributed by atoms with Crippen LogP contribution in [0, 0.1) is 0 Å². The molecule has 188 valence electrons. The standard InChI is InChI=1S/C24H26N5O6P/c25-24-27-22-21(23(31)28-24)26-17-29(22)11-12-33-13-14-36(32,34-15-18-7-3-1-4-8-18)35-16-20(30)19-9-5-2-6-10-19/h1-10,17H,11-16H2,(H3,25,27,28,31). The monoisotopic (exact) mass is 511 g/mol. The van der Waals surface area contributed by atoms with E-state index in [0.29, 0.717) is 17.8 Å². The number of imidazole rings is 1. The van der Waals surface area contributed by atoms with E-state index in [1.165, 1.54) is 6.33 Å². The maximum absolute atomic E-state index is 13.4. The highest BCUT2D eigenvalue weighted by molar-refractivity contribution is 7.53. The van der Waals surface area contributed by atoms with Gasteiger partial charge in [0.05, 0.1) is 32.3 Å². The number of nitrogens with one attached hydrogen (secondary N) is 1.